The molecule has 7 heteroatoms. The predicted octanol–water partition coefficient (Wildman–Crippen LogP) is 2.16. The lowest BCUT2D eigenvalue weighted by Crippen LogP contribution is -2.33. The van der Waals surface area contributed by atoms with Gasteiger partial charge in [0.05, 0.1) is 19.8 Å². The van der Waals surface area contributed by atoms with Gasteiger partial charge in [-0.25, -0.2) is 0 Å². The molecule has 2 unspecified atom stereocenters. The van der Waals surface area contributed by atoms with Gasteiger partial charge in [0, 0.05) is 32.6 Å². The summed E-state index contributed by atoms with van der Waals surface area (Å²) in [6.07, 6.45) is 7.79. The second-order valence-corrected chi connectivity index (χ2v) is 7.20. The molecule has 4 N–H and O–H groups in total. The maximum atomic E-state index is 11.8. The van der Waals surface area contributed by atoms with Crippen molar-refractivity contribution in [3.05, 3.63) is 0 Å². The van der Waals surface area contributed by atoms with Crippen molar-refractivity contribution in [1.29, 1.82) is 0 Å². The summed E-state index contributed by atoms with van der Waals surface area (Å²) >= 11 is 0. The van der Waals surface area contributed by atoms with Gasteiger partial charge in [0.2, 0.25) is 0 Å². The Balaban J connectivity index is 3.40. The van der Waals surface area contributed by atoms with E-state index >= 15 is 0 Å². The van der Waals surface area contributed by atoms with Gasteiger partial charge >= 0.3 is 0 Å². The molecule has 0 aromatic heterocycles. The Morgan fingerprint density at radius 3 is 2.32 bits per heavy atom. The Morgan fingerprint density at radius 1 is 0.857 bits per heavy atom. The molecule has 0 saturated carbocycles. The Labute approximate surface area is 170 Å². The van der Waals surface area contributed by atoms with Gasteiger partial charge < -0.3 is 24.8 Å². The number of hydrogen-bond acceptors (Lipinski definition) is 7. The molecule has 0 aliphatic heterocycles. The molecule has 0 heterocycles. The van der Waals surface area contributed by atoms with Crippen molar-refractivity contribution >= 4 is 5.78 Å². The van der Waals surface area contributed by atoms with Gasteiger partial charge in [0.1, 0.15) is 12.3 Å². The first-order chi connectivity index (χ1) is 13.6. The van der Waals surface area contributed by atoms with E-state index < -0.39 is 12.3 Å². The number of ketones is 1. The molecule has 0 saturated heterocycles. The molecule has 0 amide bonds. The van der Waals surface area contributed by atoms with Crippen LogP contribution in [0.25, 0.3) is 0 Å². The van der Waals surface area contributed by atoms with E-state index in [9.17, 15) is 15.0 Å². The van der Waals surface area contributed by atoms with Crippen LogP contribution >= 0.6 is 0 Å². The van der Waals surface area contributed by atoms with Crippen molar-refractivity contribution in [2.24, 2.45) is 0 Å². The molecule has 0 aliphatic rings. The molecule has 0 spiro atoms. The maximum Gasteiger partial charge on any atom is 0.163 e. The van der Waals surface area contributed by atoms with E-state index in [0.29, 0.717) is 39.2 Å². The number of hydrogen-bond donors (Lipinski definition) is 4. The fraction of sp³-hybridized carbons (Fsp3) is 0.952. The van der Waals surface area contributed by atoms with Gasteiger partial charge in [0.15, 0.2) is 5.78 Å². The van der Waals surface area contributed by atoms with E-state index in [-0.39, 0.29) is 25.4 Å². The summed E-state index contributed by atoms with van der Waals surface area (Å²) in [5, 5.41) is 31.2. The van der Waals surface area contributed by atoms with Gasteiger partial charge in [0.25, 0.3) is 0 Å². The van der Waals surface area contributed by atoms with Gasteiger partial charge in [-0.15, -0.1) is 0 Å². The van der Waals surface area contributed by atoms with Crippen LogP contribution in [0.1, 0.15) is 77.6 Å². The number of unbranched alkanes of at least 4 members (excludes halogenated alkanes) is 6. The molecule has 0 radical (unpaired) electrons. The number of nitrogens with one attached hydrogen (secondary N) is 1. The van der Waals surface area contributed by atoms with Crippen molar-refractivity contribution in [1.82, 2.24) is 5.32 Å². The van der Waals surface area contributed by atoms with Crippen LogP contribution in [0.5, 0.6) is 0 Å². The van der Waals surface area contributed by atoms with Crippen molar-refractivity contribution in [3.8, 4) is 0 Å². The summed E-state index contributed by atoms with van der Waals surface area (Å²) in [6.45, 7) is 4.83. The number of aliphatic hydroxyl groups is 3. The minimum Gasteiger partial charge on any atom is -0.396 e. The predicted molar refractivity (Wildman–Crippen MR) is 110 cm³/mol. The van der Waals surface area contributed by atoms with Crippen molar-refractivity contribution < 1.29 is 29.6 Å². The summed E-state index contributed by atoms with van der Waals surface area (Å²) < 4.78 is 10.8. The number of rotatable bonds is 22. The van der Waals surface area contributed by atoms with Crippen LogP contribution in [0, 0.1) is 0 Å². The van der Waals surface area contributed by atoms with E-state index in [2.05, 4.69) is 12.2 Å². The minimum atomic E-state index is -0.873. The largest absolute Gasteiger partial charge is 0.396 e. The maximum absolute atomic E-state index is 11.8. The third-order valence-corrected chi connectivity index (χ3v) is 4.55. The normalized spacial score (nSPS) is 13.6. The average Bonchev–Trinajstić information content (AvgIpc) is 2.69. The minimum absolute atomic E-state index is 0.163. The zero-order valence-electron chi connectivity index (χ0n) is 17.7. The molecule has 0 aliphatic carbocycles. The first-order valence-corrected chi connectivity index (χ1v) is 11.0. The molecule has 0 rings (SSSR count). The fourth-order valence-corrected chi connectivity index (χ4v) is 2.73. The lowest BCUT2D eigenvalue weighted by molar-refractivity contribution is -0.128. The second kappa shape index (κ2) is 21.1. The van der Waals surface area contributed by atoms with E-state index in [1.807, 2.05) is 0 Å². The summed E-state index contributed by atoms with van der Waals surface area (Å²) in [4.78, 5) is 11.8. The lowest BCUT2D eigenvalue weighted by atomic mass is 10.0. The van der Waals surface area contributed by atoms with E-state index in [1.165, 1.54) is 0 Å². The van der Waals surface area contributed by atoms with Gasteiger partial charge in [-0.1, -0.05) is 45.4 Å². The molecule has 28 heavy (non-hydrogen) atoms. The Hall–Kier alpha value is -0.570. The average molecular weight is 406 g/mol. The molecule has 168 valence electrons. The second-order valence-electron chi connectivity index (χ2n) is 7.20. The van der Waals surface area contributed by atoms with Crippen molar-refractivity contribution in [3.63, 3.8) is 0 Å². The number of aliphatic hydroxyl groups excluding tert-OH is 3. The van der Waals surface area contributed by atoms with Crippen LogP contribution in [0.4, 0.5) is 0 Å². The van der Waals surface area contributed by atoms with Gasteiger partial charge in [-0.05, 0) is 19.3 Å². The topological polar surface area (TPSA) is 108 Å². The highest BCUT2D eigenvalue weighted by molar-refractivity contribution is 5.82. The summed E-state index contributed by atoms with van der Waals surface area (Å²) in [5.74, 6) is -0.163. The van der Waals surface area contributed by atoms with Crippen molar-refractivity contribution in [2.75, 3.05) is 39.6 Å². The van der Waals surface area contributed by atoms with Crippen molar-refractivity contribution in [2.45, 2.75) is 89.9 Å². The lowest BCUT2D eigenvalue weighted by Gasteiger charge is -2.13. The Morgan fingerprint density at radius 2 is 1.57 bits per heavy atom. The highest BCUT2D eigenvalue weighted by Gasteiger charge is 2.14. The number of carbonyl (C=O) groups is 1. The first kappa shape index (κ1) is 27.4. The SMILES string of the molecule is CCCCCCC(O)C(=O)CCOCCC(O)NCCOCCCCCCO. The number of ether oxygens (including phenoxy) is 2. The summed E-state index contributed by atoms with van der Waals surface area (Å²) in [7, 11) is 0. The van der Waals surface area contributed by atoms with Gasteiger partial charge in [-0.3, -0.25) is 10.1 Å². The van der Waals surface area contributed by atoms with E-state index in [1.54, 1.807) is 0 Å². The van der Waals surface area contributed by atoms with Crippen LogP contribution in [-0.4, -0.2) is 73.0 Å². The fourth-order valence-electron chi connectivity index (χ4n) is 2.73. The molecule has 0 fully saturated rings. The standard InChI is InChI=1S/C21H43NO6/c1-2-3-4-7-10-19(24)20(25)11-16-28-17-12-21(26)22-13-18-27-15-9-6-5-8-14-23/h19,21-24,26H,2-18H2,1H3. The molecular weight excluding hydrogens is 362 g/mol. The molecule has 2 atom stereocenters. The summed E-state index contributed by atoms with van der Waals surface area (Å²) in [5.41, 5.74) is 0. The monoisotopic (exact) mass is 405 g/mol. The quantitative estimate of drug-likeness (QED) is 0.161. The molecule has 0 aromatic carbocycles. The van der Waals surface area contributed by atoms with E-state index in [4.69, 9.17) is 14.6 Å². The van der Waals surface area contributed by atoms with Crippen LogP contribution in [-0.2, 0) is 14.3 Å². The van der Waals surface area contributed by atoms with Gasteiger partial charge in [-0.2, -0.15) is 0 Å². The zero-order valence-corrected chi connectivity index (χ0v) is 17.7. The van der Waals surface area contributed by atoms with Crippen LogP contribution in [0.15, 0.2) is 0 Å². The highest BCUT2D eigenvalue weighted by Crippen LogP contribution is 2.07. The molecule has 7 nitrogen and oxygen atoms in total. The smallest absolute Gasteiger partial charge is 0.163 e. The number of carbonyl (C=O) groups excluding carboxylic acids is 1. The van der Waals surface area contributed by atoms with E-state index in [0.717, 1.165) is 51.4 Å². The van der Waals surface area contributed by atoms with Crippen LogP contribution in [0.2, 0.25) is 0 Å². The number of Topliss-reactive ketones (excluding diaryl/α,β-unsaturated/α-hetero) is 1. The first-order valence-electron chi connectivity index (χ1n) is 11.0. The molecule has 0 aromatic rings. The van der Waals surface area contributed by atoms with Crippen LogP contribution < -0.4 is 5.32 Å². The molecular formula is C21H43NO6. The molecule has 0 bridgehead atoms. The third-order valence-electron chi connectivity index (χ3n) is 4.55. The Bertz CT molecular complexity index is 343. The highest BCUT2D eigenvalue weighted by atomic mass is 16.5. The Kier molecular flexibility index (Phi) is 20.7. The zero-order chi connectivity index (χ0) is 20.9. The third kappa shape index (κ3) is 18.8. The summed E-state index contributed by atoms with van der Waals surface area (Å²) in [6, 6.07) is 0. The van der Waals surface area contributed by atoms with Crippen LogP contribution in [0.3, 0.4) is 0 Å².